The summed E-state index contributed by atoms with van der Waals surface area (Å²) in [5, 5.41) is 13.2. The number of aromatic carboxylic acids is 1. The Morgan fingerprint density at radius 1 is 1.18 bits per heavy atom. The number of rotatable bonds is 4. The number of fused-ring (bicyclic) bond motifs is 1. The second-order valence-electron chi connectivity index (χ2n) is 4.73. The highest BCUT2D eigenvalue weighted by Crippen LogP contribution is 2.30. The van der Waals surface area contributed by atoms with E-state index in [1.54, 1.807) is 31.5 Å². The van der Waals surface area contributed by atoms with Crippen LogP contribution in [0.2, 0.25) is 0 Å². The molecular weight excluding hydrogens is 280 g/mol. The lowest BCUT2D eigenvalue weighted by Gasteiger charge is -2.11. The Morgan fingerprint density at radius 2 is 2.00 bits per heavy atom. The summed E-state index contributed by atoms with van der Waals surface area (Å²) in [4.78, 5) is 15.4. The summed E-state index contributed by atoms with van der Waals surface area (Å²) in [7, 11) is 1.60. The van der Waals surface area contributed by atoms with Gasteiger partial charge < -0.3 is 15.2 Å². The van der Waals surface area contributed by atoms with E-state index in [1.807, 2.05) is 30.3 Å². The molecule has 5 heteroatoms. The zero-order chi connectivity index (χ0) is 15.5. The number of carboxylic acids is 1. The van der Waals surface area contributed by atoms with E-state index in [0.29, 0.717) is 11.4 Å². The number of benzene rings is 2. The lowest BCUT2D eigenvalue weighted by molar-refractivity contribution is 0.0697. The third-order valence-electron chi connectivity index (χ3n) is 3.34. The minimum atomic E-state index is -0.954. The van der Waals surface area contributed by atoms with Gasteiger partial charge in [-0.3, -0.25) is 4.98 Å². The summed E-state index contributed by atoms with van der Waals surface area (Å²) in [6, 6.07) is 14.2. The van der Waals surface area contributed by atoms with Crippen LogP contribution in [0, 0.1) is 0 Å². The van der Waals surface area contributed by atoms with Crippen LogP contribution in [0.5, 0.6) is 5.75 Å². The van der Waals surface area contributed by atoms with Crippen LogP contribution in [0.15, 0.2) is 54.7 Å². The molecule has 0 saturated carbocycles. The molecule has 3 rings (SSSR count). The van der Waals surface area contributed by atoms with Crippen LogP contribution in [-0.4, -0.2) is 23.2 Å². The van der Waals surface area contributed by atoms with Gasteiger partial charge in [0.25, 0.3) is 0 Å². The Labute approximate surface area is 127 Å². The summed E-state index contributed by atoms with van der Waals surface area (Å²) in [5.74, 6) is -0.259. The van der Waals surface area contributed by atoms with Crippen LogP contribution >= 0.6 is 0 Å². The van der Waals surface area contributed by atoms with Gasteiger partial charge in [-0.1, -0.05) is 18.2 Å². The van der Waals surface area contributed by atoms with Gasteiger partial charge in [-0.05, 0) is 30.3 Å². The van der Waals surface area contributed by atoms with Gasteiger partial charge in [0.15, 0.2) is 0 Å². The lowest BCUT2D eigenvalue weighted by Crippen LogP contribution is -1.98. The fourth-order valence-electron chi connectivity index (χ4n) is 2.31. The minimum Gasteiger partial charge on any atom is -0.494 e. The van der Waals surface area contributed by atoms with Crippen molar-refractivity contribution in [2.45, 2.75) is 0 Å². The average molecular weight is 294 g/mol. The molecule has 0 bridgehead atoms. The maximum atomic E-state index is 11.0. The number of anilines is 2. The summed E-state index contributed by atoms with van der Waals surface area (Å²) in [6.45, 7) is 0. The molecule has 2 aromatic carbocycles. The van der Waals surface area contributed by atoms with Crippen LogP contribution in [0.4, 0.5) is 11.4 Å². The Kier molecular flexibility index (Phi) is 3.62. The number of nitrogens with one attached hydrogen (secondary N) is 1. The maximum Gasteiger partial charge on any atom is 0.335 e. The molecule has 0 unspecified atom stereocenters. The standard InChI is InChI=1S/C17H14N2O3/c1-22-15-7-3-6-13-14(8-9-18-16(13)15)19-12-5-2-4-11(10-12)17(20)21/h2-10H,1H3,(H,18,19)(H,20,21). The fraction of sp³-hybridized carbons (Fsp3) is 0.0588. The number of carbonyl (C=O) groups is 1. The van der Waals surface area contributed by atoms with Gasteiger partial charge in [-0.15, -0.1) is 0 Å². The molecule has 0 aliphatic rings. The molecule has 0 radical (unpaired) electrons. The molecule has 0 atom stereocenters. The Hall–Kier alpha value is -3.08. The quantitative estimate of drug-likeness (QED) is 0.768. The fourth-order valence-corrected chi connectivity index (χ4v) is 2.31. The molecule has 0 fully saturated rings. The van der Waals surface area contributed by atoms with Crippen LogP contribution in [0.3, 0.4) is 0 Å². The van der Waals surface area contributed by atoms with E-state index >= 15 is 0 Å². The topological polar surface area (TPSA) is 71.5 Å². The number of para-hydroxylation sites is 1. The highest BCUT2D eigenvalue weighted by molar-refractivity contribution is 5.96. The molecule has 0 aliphatic carbocycles. The van der Waals surface area contributed by atoms with Crippen molar-refractivity contribution < 1.29 is 14.6 Å². The number of ether oxygens (including phenoxy) is 1. The number of pyridine rings is 1. The zero-order valence-electron chi connectivity index (χ0n) is 11.9. The Balaban J connectivity index is 2.04. The van der Waals surface area contributed by atoms with E-state index in [4.69, 9.17) is 9.84 Å². The molecule has 0 amide bonds. The third kappa shape index (κ3) is 2.56. The summed E-state index contributed by atoms with van der Waals surface area (Å²) >= 11 is 0. The van der Waals surface area contributed by atoms with Crippen molar-refractivity contribution in [2.24, 2.45) is 0 Å². The van der Waals surface area contributed by atoms with Crippen molar-refractivity contribution in [3.8, 4) is 5.75 Å². The predicted molar refractivity (Wildman–Crippen MR) is 85.0 cm³/mol. The number of aromatic nitrogens is 1. The highest BCUT2D eigenvalue weighted by atomic mass is 16.5. The van der Waals surface area contributed by atoms with Gasteiger partial charge >= 0.3 is 5.97 Å². The monoisotopic (exact) mass is 294 g/mol. The highest BCUT2D eigenvalue weighted by Gasteiger charge is 2.08. The summed E-state index contributed by atoms with van der Waals surface area (Å²) in [5.41, 5.74) is 2.53. The smallest absolute Gasteiger partial charge is 0.335 e. The van der Waals surface area contributed by atoms with E-state index in [-0.39, 0.29) is 5.56 Å². The average Bonchev–Trinajstić information content (AvgIpc) is 2.55. The molecule has 0 saturated heterocycles. The number of hydrogen-bond donors (Lipinski definition) is 2. The van der Waals surface area contributed by atoms with Crippen LogP contribution in [-0.2, 0) is 0 Å². The number of nitrogens with zero attached hydrogens (tertiary/aromatic N) is 1. The van der Waals surface area contributed by atoms with E-state index in [9.17, 15) is 4.79 Å². The van der Waals surface area contributed by atoms with E-state index in [0.717, 1.165) is 16.6 Å². The van der Waals surface area contributed by atoms with Crippen molar-refractivity contribution in [1.82, 2.24) is 4.98 Å². The molecule has 0 spiro atoms. The number of methoxy groups -OCH3 is 1. The van der Waals surface area contributed by atoms with Crippen molar-refractivity contribution in [3.05, 3.63) is 60.3 Å². The Bertz CT molecular complexity index is 846. The number of carboxylic acid groups (broad SMARTS) is 1. The van der Waals surface area contributed by atoms with Gasteiger partial charge in [0.2, 0.25) is 0 Å². The van der Waals surface area contributed by atoms with Crippen molar-refractivity contribution in [2.75, 3.05) is 12.4 Å². The maximum absolute atomic E-state index is 11.0. The van der Waals surface area contributed by atoms with E-state index in [1.165, 1.54) is 0 Å². The normalized spacial score (nSPS) is 10.4. The van der Waals surface area contributed by atoms with Crippen LogP contribution < -0.4 is 10.1 Å². The largest absolute Gasteiger partial charge is 0.494 e. The minimum absolute atomic E-state index is 0.237. The number of hydrogen-bond acceptors (Lipinski definition) is 4. The third-order valence-corrected chi connectivity index (χ3v) is 3.34. The molecule has 3 aromatic rings. The van der Waals surface area contributed by atoms with Gasteiger partial charge in [-0.2, -0.15) is 0 Å². The van der Waals surface area contributed by atoms with Crippen molar-refractivity contribution in [3.63, 3.8) is 0 Å². The molecule has 0 aliphatic heterocycles. The van der Waals surface area contributed by atoms with E-state index in [2.05, 4.69) is 10.3 Å². The SMILES string of the molecule is COc1cccc2c(Nc3cccc(C(=O)O)c3)ccnc12. The molecular formula is C17H14N2O3. The summed E-state index contributed by atoms with van der Waals surface area (Å²) in [6.07, 6.45) is 1.69. The van der Waals surface area contributed by atoms with Gasteiger partial charge in [-0.25, -0.2) is 4.79 Å². The zero-order valence-corrected chi connectivity index (χ0v) is 11.9. The molecule has 2 N–H and O–H groups in total. The second kappa shape index (κ2) is 5.73. The first-order chi connectivity index (χ1) is 10.7. The molecule has 110 valence electrons. The van der Waals surface area contributed by atoms with Crippen molar-refractivity contribution >= 4 is 28.2 Å². The predicted octanol–water partition coefficient (Wildman–Crippen LogP) is 3.69. The summed E-state index contributed by atoms with van der Waals surface area (Å²) < 4.78 is 5.32. The van der Waals surface area contributed by atoms with Gasteiger partial charge in [0, 0.05) is 23.0 Å². The van der Waals surface area contributed by atoms with E-state index < -0.39 is 5.97 Å². The lowest BCUT2D eigenvalue weighted by atomic mass is 10.1. The molecule has 1 aromatic heterocycles. The van der Waals surface area contributed by atoms with Gasteiger partial charge in [0.05, 0.1) is 12.7 Å². The van der Waals surface area contributed by atoms with Crippen molar-refractivity contribution in [1.29, 1.82) is 0 Å². The van der Waals surface area contributed by atoms with Crippen LogP contribution in [0.1, 0.15) is 10.4 Å². The molecule has 5 nitrogen and oxygen atoms in total. The Morgan fingerprint density at radius 3 is 2.77 bits per heavy atom. The molecule has 22 heavy (non-hydrogen) atoms. The first-order valence-electron chi connectivity index (χ1n) is 6.71. The van der Waals surface area contributed by atoms with Gasteiger partial charge in [0.1, 0.15) is 11.3 Å². The second-order valence-corrected chi connectivity index (χ2v) is 4.73. The first kappa shape index (κ1) is 13.9. The first-order valence-corrected chi connectivity index (χ1v) is 6.71. The van der Waals surface area contributed by atoms with Crippen LogP contribution in [0.25, 0.3) is 10.9 Å². The molecule has 1 heterocycles.